The molecule has 6 nitrogen and oxygen atoms in total. The fraction of sp³-hybridized carbons (Fsp3) is 0.160. The Hall–Kier alpha value is -3.93. The van der Waals surface area contributed by atoms with Crippen LogP contribution in [0, 0.1) is 0 Å². The summed E-state index contributed by atoms with van der Waals surface area (Å²) in [4.78, 5) is 12.0. The quantitative estimate of drug-likeness (QED) is 0.555. The van der Waals surface area contributed by atoms with Gasteiger partial charge in [0.2, 0.25) is 6.79 Å². The average molecular weight is 418 g/mol. The first-order valence-corrected chi connectivity index (χ1v) is 9.73. The molecule has 0 saturated carbocycles. The molecule has 158 valence electrons. The van der Waals surface area contributed by atoms with Crippen molar-refractivity contribution in [2.75, 3.05) is 21.0 Å². The third kappa shape index (κ3) is 4.33. The van der Waals surface area contributed by atoms with E-state index >= 15 is 0 Å². The van der Waals surface area contributed by atoms with Gasteiger partial charge in [-0.15, -0.1) is 0 Å². The summed E-state index contributed by atoms with van der Waals surface area (Å²) in [6.45, 7) is 0.178. The van der Waals surface area contributed by atoms with E-state index in [0.717, 1.165) is 22.3 Å². The zero-order chi connectivity index (χ0) is 21.8. The van der Waals surface area contributed by atoms with Gasteiger partial charge in [-0.25, -0.2) is 4.79 Å². The smallest absolute Gasteiger partial charge is 0.331 e. The minimum absolute atomic E-state index is 0.178. The first-order valence-electron chi connectivity index (χ1n) is 9.73. The summed E-state index contributed by atoms with van der Waals surface area (Å²) < 4.78 is 21.6. The van der Waals surface area contributed by atoms with E-state index in [1.165, 1.54) is 0 Å². The second kappa shape index (κ2) is 8.83. The molecule has 3 aromatic rings. The molecule has 0 amide bonds. The summed E-state index contributed by atoms with van der Waals surface area (Å²) in [5, 5.41) is 9.85. The molecule has 1 N–H and O–H groups in total. The Labute approximate surface area is 180 Å². The van der Waals surface area contributed by atoms with Crippen LogP contribution in [0.4, 0.5) is 0 Å². The molecule has 0 radical (unpaired) electrons. The molecule has 4 rings (SSSR count). The topological polar surface area (TPSA) is 74.2 Å². The predicted octanol–water partition coefficient (Wildman–Crippen LogP) is 4.81. The van der Waals surface area contributed by atoms with Gasteiger partial charge in [-0.3, -0.25) is 0 Å². The lowest BCUT2D eigenvalue weighted by Gasteiger charge is -2.13. The molecule has 0 spiro atoms. The Morgan fingerprint density at radius 2 is 1.77 bits per heavy atom. The van der Waals surface area contributed by atoms with Crippen molar-refractivity contribution in [3.63, 3.8) is 0 Å². The van der Waals surface area contributed by atoms with Crippen LogP contribution in [0.2, 0.25) is 0 Å². The minimum atomic E-state index is -0.978. The number of ether oxygens (including phenoxy) is 4. The Kier molecular flexibility index (Phi) is 5.80. The van der Waals surface area contributed by atoms with Crippen LogP contribution in [0.1, 0.15) is 11.1 Å². The Morgan fingerprint density at radius 3 is 2.55 bits per heavy atom. The lowest BCUT2D eigenvalue weighted by molar-refractivity contribution is -0.132. The van der Waals surface area contributed by atoms with Gasteiger partial charge in [0.25, 0.3) is 0 Å². The molecule has 0 aromatic heterocycles. The Balaban J connectivity index is 1.72. The highest BCUT2D eigenvalue weighted by Crippen LogP contribution is 2.37. The first-order chi connectivity index (χ1) is 15.1. The van der Waals surface area contributed by atoms with Gasteiger partial charge in [-0.2, -0.15) is 0 Å². The third-order valence-electron chi connectivity index (χ3n) is 5.10. The van der Waals surface area contributed by atoms with Crippen molar-refractivity contribution in [1.82, 2.24) is 0 Å². The number of benzene rings is 3. The number of fused-ring (bicyclic) bond motifs is 1. The monoisotopic (exact) mass is 418 g/mol. The van der Waals surface area contributed by atoms with Crippen LogP contribution < -0.4 is 18.9 Å². The molecular formula is C25H22O6. The largest absolute Gasteiger partial charge is 0.497 e. The molecule has 0 aliphatic carbocycles. The Bertz CT molecular complexity index is 1150. The summed E-state index contributed by atoms with van der Waals surface area (Å²) in [7, 11) is 3.19. The van der Waals surface area contributed by atoms with Gasteiger partial charge in [0.1, 0.15) is 11.5 Å². The molecule has 1 aliphatic heterocycles. The average Bonchev–Trinajstić information content (AvgIpc) is 3.26. The van der Waals surface area contributed by atoms with Crippen LogP contribution in [-0.2, 0) is 11.2 Å². The lowest BCUT2D eigenvalue weighted by atomic mass is 9.95. The lowest BCUT2D eigenvalue weighted by Crippen LogP contribution is -2.04. The molecule has 6 heteroatoms. The van der Waals surface area contributed by atoms with Crippen molar-refractivity contribution in [3.8, 4) is 34.1 Å². The standard InChI is InChI=1S/C25H22O6/c1-28-19-8-9-21(23(14-19)29-2)20-6-4-3-5-17(20)13-18(25(26)27)11-16-7-10-22-24(12-16)31-15-30-22/h3-10,12-14H,11,15H2,1-2H3,(H,26,27)/b18-13+. The van der Waals surface area contributed by atoms with E-state index in [0.29, 0.717) is 23.0 Å². The highest BCUT2D eigenvalue weighted by atomic mass is 16.7. The summed E-state index contributed by atoms with van der Waals surface area (Å²) >= 11 is 0. The summed E-state index contributed by atoms with van der Waals surface area (Å²) in [5.41, 5.74) is 3.59. The van der Waals surface area contributed by atoms with Gasteiger partial charge >= 0.3 is 5.97 Å². The molecule has 0 atom stereocenters. The van der Waals surface area contributed by atoms with E-state index in [2.05, 4.69) is 0 Å². The van der Waals surface area contributed by atoms with Gasteiger partial charge in [0, 0.05) is 23.6 Å². The van der Waals surface area contributed by atoms with Crippen molar-refractivity contribution in [2.45, 2.75) is 6.42 Å². The molecule has 1 aliphatic rings. The zero-order valence-electron chi connectivity index (χ0n) is 17.3. The predicted molar refractivity (Wildman–Crippen MR) is 117 cm³/mol. The number of methoxy groups -OCH3 is 2. The number of aliphatic carboxylic acids is 1. The van der Waals surface area contributed by atoms with E-state index < -0.39 is 5.97 Å². The van der Waals surface area contributed by atoms with E-state index in [-0.39, 0.29) is 18.8 Å². The number of carbonyl (C=O) groups is 1. The van der Waals surface area contributed by atoms with Gasteiger partial charge in [-0.05, 0) is 47.0 Å². The maximum absolute atomic E-state index is 12.0. The molecule has 3 aromatic carbocycles. The van der Waals surface area contributed by atoms with Crippen LogP contribution in [-0.4, -0.2) is 32.1 Å². The number of hydrogen-bond donors (Lipinski definition) is 1. The second-order valence-electron chi connectivity index (χ2n) is 6.99. The summed E-state index contributed by atoms with van der Waals surface area (Å²) in [5.74, 6) is 1.65. The number of carboxylic acid groups (broad SMARTS) is 1. The van der Waals surface area contributed by atoms with Crippen molar-refractivity contribution in [3.05, 3.63) is 77.4 Å². The molecule has 0 fully saturated rings. The summed E-state index contributed by atoms with van der Waals surface area (Å²) in [6.07, 6.45) is 1.95. The fourth-order valence-corrected chi connectivity index (χ4v) is 3.54. The van der Waals surface area contributed by atoms with Crippen molar-refractivity contribution < 1.29 is 28.8 Å². The zero-order valence-corrected chi connectivity index (χ0v) is 17.3. The van der Waals surface area contributed by atoms with Gasteiger partial charge < -0.3 is 24.1 Å². The summed E-state index contributed by atoms with van der Waals surface area (Å²) in [6, 6.07) is 18.7. The SMILES string of the molecule is COc1ccc(-c2ccccc2/C=C(\Cc2ccc3c(c2)OCO3)C(=O)O)c(OC)c1. The molecular weight excluding hydrogens is 396 g/mol. The number of hydrogen-bond acceptors (Lipinski definition) is 5. The van der Waals surface area contributed by atoms with E-state index in [4.69, 9.17) is 18.9 Å². The van der Waals surface area contributed by atoms with Gasteiger partial charge in [0.05, 0.1) is 14.2 Å². The van der Waals surface area contributed by atoms with Crippen molar-refractivity contribution >= 4 is 12.0 Å². The fourth-order valence-electron chi connectivity index (χ4n) is 3.54. The maximum Gasteiger partial charge on any atom is 0.331 e. The Morgan fingerprint density at radius 1 is 0.968 bits per heavy atom. The minimum Gasteiger partial charge on any atom is -0.497 e. The highest BCUT2D eigenvalue weighted by molar-refractivity contribution is 5.94. The van der Waals surface area contributed by atoms with Crippen LogP contribution in [0.15, 0.2) is 66.2 Å². The van der Waals surface area contributed by atoms with E-state index in [9.17, 15) is 9.90 Å². The van der Waals surface area contributed by atoms with E-state index in [1.807, 2.05) is 48.5 Å². The van der Waals surface area contributed by atoms with Crippen LogP contribution in [0.25, 0.3) is 17.2 Å². The highest BCUT2D eigenvalue weighted by Gasteiger charge is 2.17. The molecule has 31 heavy (non-hydrogen) atoms. The van der Waals surface area contributed by atoms with Crippen molar-refractivity contribution in [2.24, 2.45) is 0 Å². The molecule has 1 heterocycles. The number of carboxylic acids is 1. The molecule has 0 saturated heterocycles. The first kappa shape index (κ1) is 20.3. The van der Waals surface area contributed by atoms with Crippen LogP contribution in [0.3, 0.4) is 0 Å². The maximum atomic E-state index is 12.0. The van der Waals surface area contributed by atoms with Crippen molar-refractivity contribution in [1.29, 1.82) is 0 Å². The van der Waals surface area contributed by atoms with Gasteiger partial charge in [0.15, 0.2) is 11.5 Å². The van der Waals surface area contributed by atoms with Gasteiger partial charge in [-0.1, -0.05) is 30.3 Å². The second-order valence-corrected chi connectivity index (χ2v) is 6.99. The number of rotatable bonds is 7. The third-order valence-corrected chi connectivity index (χ3v) is 5.10. The molecule has 0 unspecified atom stereocenters. The normalized spacial score (nSPS) is 12.5. The molecule has 0 bridgehead atoms. The van der Waals surface area contributed by atoms with Crippen LogP contribution >= 0.6 is 0 Å². The van der Waals surface area contributed by atoms with E-state index in [1.54, 1.807) is 32.4 Å². The van der Waals surface area contributed by atoms with Crippen LogP contribution in [0.5, 0.6) is 23.0 Å².